The summed E-state index contributed by atoms with van der Waals surface area (Å²) in [4.78, 5) is 18.6. The minimum Gasteiger partial charge on any atom is -0.493 e. The van der Waals surface area contributed by atoms with E-state index in [-0.39, 0.29) is 5.91 Å². The number of benzene rings is 3. The quantitative estimate of drug-likeness (QED) is 0.463. The molecule has 0 N–H and O–H groups in total. The minimum atomic E-state index is -0.314. The number of nitrogens with zero attached hydrogens (tertiary/aromatic N) is 2. The fraction of sp³-hybridized carbons (Fsp3) is 0.250. The molecule has 0 atom stereocenters. The number of amides is 1. The third-order valence-corrected chi connectivity index (χ3v) is 6.31. The number of aromatic nitrogens is 1. The first-order valence-electron chi connectivity index (χ1n) is 10.4. The Morgan fingerprint density at radius 2 is 1.87 bits per heavy atom. The smallest absolute Gasteiger partial charge is 0.284 e. The highest BCUT2D eigenvalue weighted by atomic mass is 32.1. The number of carbonyl (C=O) groups is 1. The van der Waals surface area contributed by atoms with Crippen LogP contribution in [0.5, 0.6) is 17.2 Å². The lowest BCUT2D eigenvalue weighted by Gasteiger charge is -2.18. The van der Waals surface area contributed by atoms with Crippen LogP contribution in [0.1, 0.15) is 24.2 Å². The largest absolute Gasteiger partial charge is 0.493 e. The summed E-state index contributed by atoms with van der Waals surface area (Å²) in [7, 11) is 0. The predicted octanol–water partition coefficient (Wildman–Crippen LogP) is 4.79. The summed E-state index contributed by atoms with van der Waals surface area (Å²) in [5.74, 6) is 1.70. The van der Waals surface area contributed by atoms with E-state index in [0.29, 0.717) is 42.5 Å². The van der Waals surface area contributed by atoms with Gasteiger partial charge < -0.3 is 18.8 Å². The van der Waals surface area contributed by atoms with Crippen LogP contribution in [0.3, 0.4) is 0 Å². The minimum absolute atomic E-state index is 0.314. The zero-order valence-electron chi connectivity index (χ0n) is 17.4. The van der Waals surface area contributed by atoms with E-state index in [0.717, 1.165) is 32.5 Å². The van der Waals surface area contributed by atoms with E-state index < -0.39 is 0 Å². The van der Waals surface area contributed by atoms with Gasteiger partial charge >= 0.3 is 0 Å². The van der Waals surface area contributed by atoms with Gasteiger partial charge in [-0.05, 0) is 30.7 Å². The third kappa shape index (κ3) is 3.45. The maximum atomic E-state index is 13.4. The molecule has 7 heteroatoms. The molecule has 5 rings (SSSR count). The Hall–Kier alpha value is -3.32. The van der Waals surface area contributed by atoms with E-state index in [9.17, 15) is 4.79 Å². The molecule has 0 saturated carbocycles. The first-order chi connectivity index (χ1) is 15.2. The van der Waals surface area contributed by atoms with Crippen molar-refractivity contribution in [1.82, 2.24) is 4.57 Å². The molecule has 0 aliphatic carbocycles. The highest BCUT2D eigenvalue weighted by Gasteiger charge is 2.19. The molecule has 3 aromatic carbocycles. The number of fused-ring (bicyclic) bond motifs is 3. The highest BCUT2D eigenvalue weighted by molar-refractivity contribution is 7.16. The van der Waals surface area contributed by atoms with E-state index in [2.05, 4.69) is 4.99 Å². The Bertz CT molecular complexity index is 1370. The first kappa shape index (κ1) is 19.6. The Labute approximate surface area is 183 Å². The van der Waals surface area contributed by atoms with Crippen molar-refractivity contribution in [3.63, 3.8) is 0 Å². The molecule has 4 aromatic rings. The average molecular weight is 435 g/mol. The number of aryl methyl sites for hydroxylation is 1. The summed E-state index contributed by atoms with van der Waals surface area (Å²) in [6, 6.07) is 15.5. The molecular weight excluding hydrogens is 412 g/mol. The Morgan fingerprint density at radius 1 is 1.10 bits per heavy atom. The van der Waals surface area contributed by atoms with Crippen molar-refractivity contribution in [2.75, 3.05) is 19.8 Å². The molecule has 1 aliphatic rings. The van der Waals surface area contributed by atoms with E-state index in [1.165, 1.54) is 11.3 Å². The van der Waals surface area contributed by atoms with Crippen molar-refractivity contribution in [3.05, 3.63) is 58.9 Å². The zero-order valence-corrected chi connectivity index (χ0v) is 18.2. The summed E-state index contributed by atoms with van der Waals surface area (Å²) >= 11 is 1.47. The molecule has 1 aliphatic heterocycles. The molecule has 0 fully saturated rings. The predicted molar refractivity (Wildman–Crippen MR) is 121 cm³/mol. The van der Waals surface area contributed by atoms with Gasteiger partial charge in [0.1, 0.15) is 19.0 Å². The first-order valence-corrected chi connectivity index (χ1v) is 11.2. The molecule has 1 aromatic heterocycles. The monoisotopic (exact) mass is 434 g/mol. The van der Waals surface area contributed by atoms with Gasteiger partial charge in [-0.15, -0.1) is 0 Å². The molecule has 158 valence electrons. The van der Waals surface area contributed by atoms with E-state index in [4.69, 9.17) is 14.2 Å². The number of ether oxygens (including phenoxy) is 3. The number of rotatable bonds is 4. The second-order valence-electron chi connectivity index (χ2n) is 7.10. The van der Waals surface area contributed by atoms with Crippen LogP contribution >= 0.6 is 11.3 Å². The summed E-state index contributed by atoms with van der Waals surface area (Å²) in [5, 5.41) is 1.81. The number of hydrogen-bond acceptors (Lipinski definition) is 5. The molecule has 0 unspecified atom stereocenters. The Balaban J connectivity index is 1.69. The lowest BCUT2D eigenvalue weighted by atomic mass is 10.0. The van der Waals surface area contributed by atoms with Crippen molar-refractivity contribution < 1.29 is 19.0 Å². The third-order valence-electron chi connectivity index (χ3n) is 5.26. The van der Waals surface area contributed by atoms with Gasteiger partial charge in [0, 0.05) is 18.7 Å². The van der Waals surface area contributed by atoms with Crippen LogP contribution in [0.25, 0.3) is 21.0 Å². The van der Waals surface area contributed by atoms with E-state index >= 15 is 0 Å². The van der Waals surface area contributed by atoms with Crippen LogP contribution < -0.4 is 19.0 Å². The lowest BCUT2D eigenvalue weighted by molar-refractivity contribution is 0.0996. The fourth-order valence-electron chi connectivity index (χ4n) is 3.89. The topological polar surface area (TPSA) is 62.0 Å². The van der Waals surface area contributed by atoms with Gasteiger partial charge in [-0.3, -0.25) is 4.79 Å². The number of hydrogen-bond donors (Lipinski definition) is 0. The van der Waals surface area contributed by atoms with Gasteiger partial charge in [0.25, 0.3) is 5.91 Å². The van der Waals surface area contributed by atoms with E-state index in [1.54, 1.807) is 0 Å². The zero-order chi connectivity index (χ0) is 21.4. The van der Waals surface area contributed by atoms with Crippen LogP contribution in [-0.4, -0.2) is 30.3 Å². The van der Waals surface area contributed by atoms with Crippen molar-refractivity contribution >= 4 is 38.2 Å². The van der Waals surface area contributed by atoms with Crippen molar-refractivity contribution in [2.24, 2.45) is 4.99 Å². The second kappa shape index (κ2) is 8.07. The van der Waals surface area contributed by atoms with Gasteiger partial charge in [-0.2, -0.15) is 4.99 Å². The normalized spacial score (nSPS) is 13.7. The van der Waals surface area contributed by atoms with Crippen molar-refractivity contribution in [3.8, 4) is 17.2 Å². The molecule has 2 heterocycles. The second-order valence-corrected chi connectivity index (χ2v) is 8.11. The van der Waals surface area contributed by atoms with Gasteiger partial charge in [0.15, 0.2) is 16.3 Å². The van der Waals surface area contributed by atoms with E-state index in [1.807, 2.05) is 66.9 Å². The molecule has 0 spiro atoms. The van der Waals surface area contributed by atoms with Gasteiger partial charge in [0.2, 0.25) is 0 Å². The molecule has 6 nitrogen and oxygen atoms in total. The maximum Gasteiger partial charge on any atom is 0.284 e. The van der Waals surface area contributed by atoms with Crippen molar-refractivity contribution in [1.29, 1.82) is 0 Å². The van der Waals surface area contributed by atoms with Crippen LogP contribution in [0.2, 0.25) is 0 Å². The van der Waals surface area contributed by atoms with Crippen LogP contribution in [0.4, 0.5) is 0 Å². The highest BCUT2D eigenvalue weighted by Crippen LogP contribution is 2.36. The molecule has 31 heavy (non-hydrogen) atoms. The van der Waals surface area contributed by atoms with Crippen molar-refractivity contribution in [2.45, 2.75) is 20.4 Å². The molecule has 0 saturated heterocycles. The SMILES string of the molecule is CCOc1ccc2ccccc2c1C(=O)N=c1sc2cc3c(cc2n1CC)OCCO3. The van der Waals surface area contributed by atoms with Crippen LogP contribution in [0.15, 0.2) is 53.5 Å². The molecular formula is C24H22N2O4S. The Morgan fingerprint density at radius 3 is 2.65 bits per heavy atom. The average Bonchev–Trinajstić information content (AvgIpc) is 3.12. The summed E-state index contributed by atoms with van der Waals surface area (Å²) in [6.45, 7) is 6.17. The number of thiazole rings is 1. The lowest BCUT2D eigenvalue weighted by Crippen LogP contribution is -2.17. The van der Waals surface area contributed by atoms with Gasteiger partial charge in [-0.25, -0.2) is 0 Å². The standard InChI is InChI=1S/C24H22N2O4S/c1-3-26-17-13-19-20(30-12-11-29-19)14-21(17)31-24(26)25-23(27)22-16-8-6-5-7-15(16)9-10-18(22)28-4-2/h5-10,13-14H,3-4,11-12H2,1-2H3. The number of carbonyl (C=O) groups excluding carboxylic acids is 1. The molecule has 0 bridgehead atoms. The molecule has 0 radical (unpaired) electrons. The van der Waals surface area contributed by atoms with Gasteiger partial charge in [0.05, 0.1) is 22.4 Å². The van der Waals surface area contributed by atoms with Crippen LogP contribution in [-0.2, 0) is 6.54 Å². The van der Waals surface area contributed by atoms with Gasteiger partial charge in [-0.1, -0.05) is 41.7 Å². The maximum absolute atomic E-state index is 13.4. The Kier molecular flexibility index (Phi) is 5.11. The summed E-state index contributed by atoms with van der Waals surface area (Å²) in [6.07, 6.45) is 0. The summed E-state index contributed by atoms with van der Waals surface area (Å²) < 4.78 is 20.2. The molecule has 1 amide bonds. The fourth-order valence-corrected chi connectivity index (χ4v) is 4.99. The summed E-state index contributed by atoms with van der Waals surface area (Å²) in [5.41, 5.74) is 1.47. The van der Waals surface area contributed by atoms with Crippen LogP contribution in [0, 0.1) is 0 Å².